The van der Waals surface area contributed by atoms with Crippen molar-refractivity contribution in [1.82, 2.24) is 4.90 Å². The van der Waals surface area contributed by atoms with Crippen molar-refractivity contribution in [2.75, 3.05) is 0 Å². The fraction of sp³-hybridized carbons (Fsp3) is 0.500. The Morgan fingerprint density at radius 2 is 1.56 bits per heavy atom. The molecule has 0 aliphatic rings. The molecule has 0 N–H and O–H groups in total. The van der Waals surface area contributed by atoms with Crippen molar-refractivity contribution in [2.24, 2.45) is 0 Å². The van der Waals surface area contributed by atoms with Crippen LogP contribution in [0, 0.1) is 0 Å². The maximum Gasteiger partial charge on any atom is 0.0828 e. The molecule has 0 amide bonds. The number of hydrogen-bond acceptors (Lipinski definition) is 1. The molecule has 0 unspecified atom stereocenters. The Hall–Kier alpha value is -0.890. The van der Waals surface area contributed by atoms with Gasteiger partial charge in [0, 0.05) is 18.5 Å². The van der Waals surface area contributed by atoms with Gasteiger partial charge in [0.15, 0.2) is 0 Å². The molecule has 0 fully saturated rings. The molecule has 0 atom stereocenters. The molecular formula is C14H21NS. The van der Waals surface area contributed by atoms with Gasteiger partial charge >= 0.3 is 0 Å². The predicted octanol–water partition coefficient (Wildman–Crippen LogP) is 3.68. The number of benzene rings is 1. The van der Waals surface area contributed by atoms with E-state index in [9.17, 15) is 0 Å². The number of rotatable bonds is 4. The van der Waals surface area contributed by atoms with Crippen molar-refractivity contribution < 1.29 is 0 Å². The van der Waals surface area contributed by atoms with Gasteiger partial charge in [-0.15, -0.1) is 0 Å². The molecule has 0 saturated heterocycles. The van der Waals surface area contributed by atoms with E-state index in [1.54, 1.807) is 0 Å². The maximum absolute atomic E-state index is 5.54. The number of thiocarbonyl (C=S) groups is 1. The van der Waals surface area contributed by atoms with Crippen molar-refractivity contribution in [3.05, 3.63) is 35.9 Å². The van der Waals surface area contributed by atoms with Crippen LogP contribution in [-0.4, -0.2) is 22.0 Å². The summed E-state index contributed by atoms with van der Waals surface area (Å²) in [5.74, 6) is 0. The molecule has 0 aliphatic heterocycles. The summed E-state index contributed by atoms with van der Waals surface area (Å²) in [5.41, 5.74) is 1.29. The first-order valence-electron chi connectivity index (χ1n) is 5.87. The van der Waals surface area contributed by atoms with Gasteiger partial charge in [0.2, 0.25) is 0 Å². The average molecular weight is 235 g/mol. The first kappa shape index (κ1) is 13.2. The molecule has 0 saturated carbocycles. The van der Waals surface area contributed by atoms with Crippen molar-refractivity contribution >= 4 is 17.2 Å². The lowest BCUT2D eigenvalue weighted by Crippen LogP contribution is -2.41. The summed E-state index contributed by atoms with van der Waals surface area (Å²) in [5, 5.41) is 0. The van der Waals surface area contributed by atoms with Crippen LogP contribution in [0.5, 0.6) is 0 Å². The summed E-state index contributed by atoms with van der Waals surface area (Å²) in [6, 6.07) is 11.4. The second-order valence-corrected chi connectivity index (χ2v) is 5.12. The largest absolute Gasteiger partial charge is 0.361 e. The average Bonchev–Trinajstić information content (AvgIpc) is 2.17. The van der Waals surface area contributed by atoms with Crippen molar-refractivity contribution in [2.45, 2.75) is 46.2 Å². The van der Waals surface area contributed by atoms with E-state index in [0.29, 0.717) is 12.1 Å². The Bertz CT molecular complexity index is 322. The monoisotopic (exact) mass is 235 g/mol. The quantitative estimate of drug-likeness (QED) is 0.732. The molecule has 0 heterocycles. The van der Waals surface area contributed by atoms with Gasteiger partial charge in [0.25, 0.3) is 0 Å². The van der Waals surface area contributed by atoms with Crippen molar-refractivity contribution in [1.29, 1.82) is 0 Å². The predicted molar refractivity (Wildman–Crippen MR) is 74.9 cm³/mol. The van der Waals surface area contributed by atoms with Crippen molar-refractivity contribution in [3.63, 3.8) is 0 Å². The minimum absolute atomic E-state index is 0.469. The maximum atomic E-state index is 5.54. The highest BCUT2D eigenvalue weighted by Gasteiger charge is 2.16. The Kier molecular flexibility index (Phi) is 4.94. The molecule has 0 bridgehead atoms. The van der Waals surface area contributed by atoms with E-state index in [4.69, 9.17) is 12.2 Å². The van der Waals surface area contributed by atoms with Crippen LogP contribution in [0.15, 0.2) is 30.3 Å². The van der Waals surface area contributed by atoms with E-state index in [-0.39, 0.29) is 0 Å². The highest BCUT2D eigenvalue weighted by atomic mass is 32.1. The third-order valence-electron chi connectivity index (χ3n) is 2.60. The summed E-state index contributed by atoms with van der Waals surface area (Å²) in [4.78, 5) is 3.35. The second kappa shape index (κ2) is 6.00. The molecular weight excluding hydrogens is 214 g/mol. The minimum Gasteiger partial charge on any atom is -0.361 e. The molecule has 0 spiro atoms. The van der Waals surface area contributed by atoms with Gasteiger partial charge in [0.1, 0.15) is 0 Å². The van der Waals surface area contributed by atoms with Gasteiger partial charge in [-0.25, -0.2) is 0 Å². The van der Waals surface area contributed by atoms with E-state index < -0.39 is 0 Å². The zero-order valence-corrected chi connectivity index (χ0v) is 11.4. The highest BCUT2D eigenvalue weighted by molar-refractivity contribution is 7.80. The van der Waals surface area contributed by atoms with Crippen LogP contribution in [-0.2, 0) is 6.42 Å². The van der Waals surface area contributed by atoms with Crippen LogP contribution in [0.4, 0.5) is 0 Å². The Labute approximate surface area is 104 Å². The normalized spacial score (nSPS) is 10.9. The van der Waals surface area contributed by atoms with Crippen LogP contribution in [0.1, 0.15) is 33.3 Å². The summed E-state index contributed by atoms with van der Waals surface area (Å²) >= 11 is 5.54. The molecule has 1 aromatic carbocycles. The summed E-state index contributed by atoms with van der Waals surface area (Å²) in [6.45, 7) is 8.77. The Morgan fingerprint density at radius 1 is 1.06 bits per heavy atom. The third-order valence-corrected chi connectivity index (χ3v) is 2.95. The van der Waals surface area contributed by atoms with Crippen LogP contribution in [0.2, 0.25) is 0 Å². The molecule has 0 aromatic heterocycles. The summed E-state index contributed by atoms with van der Waals surface area (Å²) < 4.78 is 0. The molecule has 16 heavy (non-hydrogen) atoms. The van der Waals surface area contributed by atoms with Gasteiger partial charge in [0.05, 0.1) is 4.99 Å². The standard InChI is InChI=1S/C14H21NS/c1-11(2)15(12(3)4)14(16)10-13-8-6-5-7-9-13/h5-9,11-12H,10H2,1-4H3. The molecule has 1 nitrogen and oxygen atoms in total. The summed E-state index contributed by atoms with van der Waals surface area (Å²) in [7, 11) is 0. The molecule has 0 radical (unpaired) electrons. The van der Waals surface area contributed by atoms with E-state index >= 15 is 0 Å². The molecule has 1 aromatic rings. The molecule has 88 valence electrons. The zero-order chi connectivity index (χ0) is 12.1. The van der Waals surface area contributed by atoms with Crippen LogP contribution in [0.25, 0.3) is 0 Å². The summed E-state index contributed by atoms with van der Waals surface area (Å²) in [6.07, 6.45) is 0.868. The van der Waals surface area contributed by atoms with Crippen LogP contribution < -0.4 is 0 Å². The first-order valence-corrected chi connectivity index (χ1v) is 6.28. The number of hydrogen-bond donors (Lipinski definition) is 0. The van der Waals surface area contributed by atoms with Gasteiger partial charge in [-0.1, -0.05) is 42.5 Å². The Morgan fingerprint density at radius 3 is 2.00 bits per heavy atom. The zero-order valence-electron chi connectivity index (χ0n) is 10.6. The third kappa shape index (κ3) is 3.60. The molecule has 1 rings (SSSR count). The highest BCUT2D eigenvalue weighted by Crippen LogP contribution is 2.11. The number of nitrogens with zero attached hydrogens (tertiary/aromatic N) is 1. The lowest BCUT2D eigenvalue weighted by molar-refractivity contribution is 0.293. The fourth-order valence-electron chi connectivity index (χ4n) is 2.03. The van der Waals surface area contributed by atoms with E-state index in [1.165, 1.54) is 5.56 Å². The van der Waals surface area contributed by atoms with Gasteiger partial charge in [-0.2, -0.15) is 0 Å². The second-order valence-electron chi connectivity index (χ2n) is 4.65. The van der Waals surface area contributed by atoms with Crippen LogP contribution in [0.3, 0.4) is 0 Å². The van der Waals surface area contributed by atoms with Crippen LogP contribution >= 0.6 is 12.2 Å². The fourth-order valence-corrected chi connectivity index (χ4v) is 2.62. The van der Waals surface area contributed by atoms with E-state index in [2.05, 4.69) is 56.9 Å². The van der Waals surface area contributed by atoms with Gasteiger partial charge in [-0.05, 0) is 33.3 Å². The molecule has 2 heteroatoms. The van der Waals surface area contributed by atoms with Gasteiger partial charge < -0.3 is 4.90 Å². The molecule has 0 aliphatic carbocycles. The smallest absolute Gasteiger partial charge is 0.0828 e. The minimum atomic E-state index is 0.469. The van der Waals surface area contributed by atoms with E-state index in [0.717, 1.165) is 11.4 Å². The van der Waals surface area contributed by atoms with Gasteiger partial charge in [-0.3, -0.25) is 0 Å². The lowest BCUT2D eigenvalue weighted by atomic mass is 10.1. The topological polar surface area (TPSA) is 3.24 Å². The first-order chi connectivity index (χ1) is 7.52. The van der Waals surface area contributed by atoms with E-state index in [1.807, 2.05) is 6.07 Å². The Balaban J connectivity index is 2.70. The SMILES string of the molecule is CC(C)N(C(=S)Cc1ccccc1)C(C)C. The lowest BCUT2D eigenvalue weighted by Gasteiger charge is -2.33. The van der Waals surface area contributed by atoms with Crippen molar-refractivity contribution in [3.8, 4) is 0 Å².